The number of rotatable bonds is 3. The Morgan fingerprint density at radius 2 is 2.00 bits per heavy atom. The molecule has 90 valence electrons. The van der Waals surface area contributed by atoms with Gasteiger partial charge in [0.05, 0.1) is 11.5 Å². The summed E-state index contributed by atoms with van der Waals surface area (Å²) in [6, 6.07) is 0.762. The van der Waals surface area contributed by atoms with Crippen LogP contribution in [0.5, 0.6) is 0 Å². The van der Waals surface area contributed by atoms with Crippen molar-refractivity contribution in [3.05, 3.63) is 0 Å². The van der Waals surface area contributed by atoms with Crippen molar-refractivity contribution in [1.29, 1.82) is 0 Å². The Morgan fingerprint density at radius 3 is 2.40 bits per heavy atom. The minimum Gasteiger partial charge on any atom is -0.395 e. The third-order valence-electron chi connectivity index (χ3n) is 3.18. The Labute approximate surface area is 98.9 Å². The van der Waals surface area contributed by atoms with Gasteiger partial charge >= 0.3 is 0 Å². The summed E-state index contributed by atoms with van der Waals surface area (Å²) in [6.45, 7) is 11.8. The third-order valence-corrected chi connectivity index (χ3v) is 3.46. The Bertz CT molecular complexity index is 203. The van der Waals surface area contributed by atoms with Gasteiger partial charge in [0.25, 0.3) is 0 Å². The van der Waals surface area contributed by atoms with Crippen molar-refractivity contribution in [3.8, 4) is 0 Å². The van der Waals surface area contributed by atoms with Gasteiger partial charge in [-0.15, -0.1) is 0 Å². The maximum Gasteiger partial charge on any atom is 0.0599 e. The number of hydrogen-bond donors (Lipinski definition) is 2. The second kappa shape index (κ2) is 5.04. The van der Waals surface area contributed by atoms with E-state index in [2.05, 4.69) is 50.1 Å². The van der Waals surface area contributed by atoms with Gasteiger partial charge in [-0.3, -0.25) is 9.80 Å². The standard InChI is InChI=1S/C11H24N2OS/c1-9(2)13-6-5-12(11(3,4)15)7-10(13)8-14/h9-10,14-15H,5-8H2,1-4H3. The molecule has 1 aliphatic rings. The van der Waals surface area contributed by atoms with Crippen LogP contribution in [0.2, 0.25) is 0 Å². The summed E-state index contributed by atoms with van der Waals surface area (Å²) in [5.74, 6) is 0. The van der Waals surface area contributed by atoms with Crippen LogP contribution in [0.25, 0.3) is 0 Å². The molecule has 1 atom stereocenters. The van der Waals surface area contributed by atoms with Crippen LogP contribution >= 0.6 is 12.6 Å². The lowest BCUT2D eigenvalue weighted by Gasteiger charge is -2.47. The number of hydrogen-bond acceptors (Lipinski definition) is 4. The summed E-state index contributed by atoms with van der Waals surface area (Å²) in [4.78, 5) is 4.61. The summed E-state index contributed by atoms with van der Waals surface area (Å²) in [6.07, 6.45) is 0. The first-order valence-electron chi connectivity index (χ1n) is 5.70. The first-order valence-corrected chi connectivity index (χ1v) is 6.15. The smallest absolute Gasteiger partial charge is 0.0599 e. The summed E-state index contributed by atoms with van der Waals surface area (Å²) in [7, 11) is 0. The van der Waals surface area contributed by atoms with Crippen LogP contribution in [0.15, 0.2) is 0 Å². The highest BCUT2D eigenvalue weighted by Crippen LogP contribution is 2.23. The molecule has 0 bridgehead atoms. The highest BCUT2D eigenvalue weighted by molar-refractivity contribution is 7.81. The van der Waals surface area contributed by atoms with Crippen molar-refractivity contribution in [3.63, 3.8) is 0 Å². The molecule has 1 fully saturated rings. The van der Waals surface area contributed by atoms with Crippen molar-refractivity contribution >= 4 is 12.6 Å². The zero-order chi connectivity index (χ0) is 11.6. The van der Waals surface area contributed by atoms with Crippen molar-refractivity contribution < 1.29 is 5.11 Å². The van der Waals surface area contributed by atoms with Gasteiger partial charge in [0.15, 0.2) is 0 Å². The normalized spacial score (nSPS) is 26.2. The highest BCUT2D eigenvalue weighted by atomic mass is 32.1. The number of nitrogens with zero attached hydrogens (tertiary/aromatic N) is 2. The Morgan fingerprint density at radius 1 is 1.40 bits per heavy atom. The lowest BCUT2D eigenvalue weighted by atomic mass is 10.1. The first kappa shape index (κ1) is 13.3. The van der Waals surface area contributed by atoms with Crippen molar-refractivity contribution in [2.45, 2.75) is 44.6 Å². The fraction of sp³-hybridized carbons (Fsp3) is 1.00. The molecule has 1 saturated heterocycles. The van der Waals surface area contributed by atoms with E-state index >= 15 is 0 Å². The molecule has 0 aromatic heterocycles. The predicted molar refractivity (Wildman–Crippen MR) is 67.4 cm³/mol. The van der Waals surface area contributed by atoms with Gasteiger partial charge in [0.1, 0.15) is 0 Å². The molecule has 1 aliphatic heterocycles. The molecule has 1 N–H and O–H groups in total. The fourth-order valence-corrected chi connectivity index (χ4v) is 2.39. The summed E-state index contributed by atoms with van der Waals surface area (Å²) < 4.78 is 0. The van der Waals surface area contributed by atoms with Crippen LogP contribution in [-0.2, 0) is 0 Å². The lowest BCUT2D eigenvalue weighted by Crippen LogP contribution is -2.60. The molecule has 0 aromatic rings. The van der Waals surface area contributed by atoms with E-state index in [1.807, 2.05) is 0 Å². The SMILES string of the molecule is CC(C)N1CCN(C(C)(C)S)CC1CO. The van der Waals surface area contributed by atoms with Crippen LogP contribution in [0, 0.1) is 0 Å². The van der Waals surface area contributed by atoms with Crippen molar-refractivity contribution in [2.75, 3.05) is 26.2 Å². The van der Waals surface area contributed by atoms with Crippen LogP contribution in [0.4, 0.5) is 0 Å². The molecule has 0 aliphatic carbocycles. The Kier molecular flexibility index (Phi) is 4.47. The molecule has 0 spiro atoms. The topological polar surface area (TPSA) is 26.7 Å². The maximum atomic E-state index is 9.40. The van der Waals surface area contributed by atoms with E-state index in [4.69, 9.17) is 0 Å². The quantitative estimate of drug-likeness (QED) is 0.712. The van der Waals surface area contributed by atoms with Gasteiger partial charge < -0.3 is 5.11 Å². The van der Waals surface area contributed by atoms with E-state index in [0.29, 0.717) is 6.04 Å². The number of aliphatic hydroxyl groups excluding tert-OH is 1. The molecule has 1 rings (SSSR count). The zero-order valence-electron chi connectivity index (χ0n) is 10.3. The fourth-order valence-electron chi connectivity index (χ4n) is 2.21. The highest BCUT2D eigenvalue weighted by Gasteiger charge is 2.33. The van der Waals surface area contributed by atoms with Gasteiger partial charge in [0.2, 0.25) is 0 Å². The minimum absolute atomic E-state index is 0.0868. The van der Waals surface area contributed by atoms with Gasteiger partial charge in [-0.1, -0.05) is 0 Å². The van der Waals surface area contributed by atoms with E-state index in [1.165, 1.54) is 0 Å². The zero-order valence-corrected chi connectivity index (χ0v) is 11.2. The van der Waals surface area contributed by atoms with E-state index in [0.717, 1.165) is 19.6 Å². The van der Waals surface area contributed by atoms with Crippen molar-refractivity contribution in [2.24, 2.45) is 0 Å². The lowest BCUT2D eigenvalue weighted by molar-refractivity contribution is 0.00349. The van der Waals surface area contributed by atoms with Gasteiger partial charge in [-0.25, -0.2) is 0 Å². The second-order valence-corrected chi connectivity index (χ2v) is 6.20. The maximum absolute atomic E-state index is 9.40. The third kappa shape index (κ3) is 3.34. The van der Waals surface area contributed by atoms with Gasteiger partial charge in [-0.05, 0) is 27.7 Å². The summed E-state index contributed by atoms with van der Waals surface area (Å²) in [5, 5.41) is 9.40. The van der Waals surface area contributed by atoms with Crippen molar-refractivity contribution in [1.82, 2.24) is 9.80 Å². The largest absolute Gasteiger partial charge is 0.395 e. The first-order chi connectivity index (χ1) is 6.86. The molecule has 0 amide bonds. The molecule has 1 unspecified atom stereocenters. The molecule has 0 radical (unpaired) electrons. The molecule has 15 heavy (non-hydrogen) atoms. The van der Waals surface area contributed by atoms with E-state index < -0.39 is 0 Å². The van der Waals surface area contributed by atoms with E-state index in [1.54, 1.807) is 0 Å². The number of piperazine rings is 1. The minimum atomic E-state index is -0.0868. The molecular weight excluding hydrogens is 208 g/mol. The Balaban J connectivity index is 2.63. The monoisotopic (exact) mass is 232 g/mol. The molecule has 0 saturated carbocycles. The molecule has 4 heteroatoms. The van der Waals surface area contributed by atoms with Crippen LogP contribution in [0.3, 0.4) is 0 Å². The summed E-state index contributed by atoms with van der Waals surface area (Å²) >= 11 is 4.58. The average molecular weight is 232 g/mol. The second-order valence-electron chi connectivity index (χ2n) is 5.11. The van der Waals surface area contributed by atoms with E-state index in [9.17, 15) is 5.11 Å². The van der Waals surface area contributed by atoms with Gasteiger partial charge in [0, 0.05) is 31.7 Å². The molecule has 0 aromatic carbocycles. The summed E-state index contributed by atoms with van der Waals surface area (Å²) in [5.41, 5.74) is 0. The average Bonchev–Trinajstić information content (AvgIpc) is 2.15. The molecule has 3 nitrogen and oxygen atoms in total. The predicted octanol–water partition coefficient (Wildman–Crippen LogP) is 1.04. The van der Waals surface area contributed by atoms with Crippen LogP contribution in [0.1, 0.15) is 27.7 Å². The van der Waals surface area contributed by atoms with Crippen LogP contribution in [-0.4, -0.2) is 58.1 Å². The Hall–Kier alpha value is 0.230. The number of thiol groups is 1. The number of aliphatic hydroxyl groups is 1. The molecule has 1 heterocycles. The molecular formula is C11H24N2OS. The van der Waals surface area contributed by atoms with E-state index in [-0.39, 0.29) is 17.5 Å². The van der Waals surface area contributed by atoms with Gasteiger partial charge in [-0.2, -0.15) is 12.6 Å². The van der Waals surface area contributed by atoms with Crippen LogP contribution < -0.4 is 0 Å².